The lowest BCUT2D eigenvalue weighted by Crippen LogP contribution is -2.38. The molecule has 0 bridgehead atoms. The largest absolute Gasteiger partial charge is 0.481 e. The Morgan fingerprint density at radius 3 is 2.55 bits per heavy atom. The minimum atomic E-state index is -4.49. The number of aliphatic hydroxyl groups is 1. The first kappa shape index (κ1) is 22.1. The minimum absolute atomic E-state index is 0.0762. The molecule has 0 aromatic heterocycles. The van der Waals surface area contributed by atoms with Crippen molar-refractivity contribution in [3.63, 3.8) is 0 Å². The highest BCUT2D eigenvalue weighted by molar-refractivity contribution is 5.73. The highest BCUT2D eigenvalue weighted by atomic mass is 19.4. The Labute approximate surface area is 166 Å². The zero-order valence-corrected chi connectivity index (χ0v) is 15.5. The van der Waals surface area contributed by atoms with Gasteiger partial charge in [-0.2, -0.15) is 13.2 Å². The summed E-state index contributed by atoms with van der Waals surface area (Å²) < 4.78 is 43.4. The first-order valence-corrected chi connectivity index (χ1v) is 8.81. The third-order valence-corrected chi connectivity index (χ3v) is 4.00. The number of hydrogen-bond acceptors (Lipinski definition) is 3. The number of rotatable bonds is 8. The molecule has 0 saturated heterocycles. The molecule has 1 unspecified atom stereocenters. The molecule has 0 aliphatic rings. The zero-order valence-electron chi connectivity index (χ0n) is 15.5. The van der Waals surface area contributed by atoms with E-state index in [0.29, 0.717) is 18.7 Å². The molecule has 0 spiro atoms. The Balaban J connectivity index is 1.74. The molecule has 0 fully saturated rings. The van der Waals surface area contributed by atoms with Gasteiger partial charge in [0.15, 0.2) is 0 Å². The molecular weight excluding hydrogens is 385 g/mol. The van der Waals surface area contributed by atoms with E-state index in [0.717, 1.165) is 17.7 Å². The summed E-state index contributed by atoms with van der Waals surface area (Å²) in [5, 5.41) is 15.1. The first-order valence-electron chi connectivity index (χ1n) is 8.81. The quantitative estimate of drug-likeness (QED) is 0.589. The lowest BCUT2D eigenvalue weighted by Gasteiger charge is -2.15. The minimum Gasteiger partial charge on any atom is -0.481 e. The van der Waals surface area contributed by atoms with Gasteiger partial charge in [0.25, 0.3) is 0 Å². The van der Waals surface area contributed by atoms with E-state index in [-0.39, 0.29) is 18.7 Å². The van der Waals surface area contributed by atoms with Crippen molar-refractivity contribution in [2.45, 2.75) is 18.7 Å². The molecule has 0 saturated carbocycles. The monoisotopic (exact) mass is 406 g/mol. The van der Waals surface area contributed by atoms with Gasteiger partial charge in [-0.05, 0) is 41.8 Å². The van der Waals surface area contributed by atoms with Crippen LogP contribution in [0, 0.1) is 12.3 Å². The SMILES string of the molecule is C#CCOc1ccc(CCNC(=O)NCC(O)c2cccc(C(F)(F)F)c2)cc1. The van der Waals surface area contributed by atoms with E-state index in [9.17, 15) is 23.1 Å². The van der Waals surface area contributed by atoms with Crippen molar-refractivity contribution >= 4 is 6.03 Å². The van der Waals surface area contributed by atoms with Gasteiger partial charge in [0.05, 0.1) is 11.7 Å². The Hall–Kier alpha value is -3.18. The predicted molar refractivity (Wildman–Crippen MR) is 102 cm³/mol. The summed E-state index contributed by atoms with van der Waals surface area (Å²) in [6, 6.07) is 11.1. The molecule has 29 heavy (non-hydrogen) atoms. The molecule has 2 aromatic rings. The molecule has 2 amide bonds. The summed E-state index contributed by atoms with van der Waals surface area (Å²) in [5.41, 5.74) is 0.198. The van der Waals surface area contributed by atoms with Gasteiger partial charge >= 0.3 is 12.2 Å². The van der Waals surface area contributed by atoms with Crippen LogP contribution in [0.15, 0.2) is 48.5 Å². The van der Waals surface area contributed by atoms with Crippen LogP contribution in [0.3, 0.4) is 0 Å². The molecule has 5 nitrogen and oxygen atoms in total. The number of ether oxygens (including phenoxy) is 1. The van der Waals surface area contributed by atoms with E-state index in [1.165, 1.54) is 12.1 Å². The Bertz CT molecular complexity index is 845. The second-order valence-corrected chi connectivity index (χ2v) is 6.16. The van der Waals surface area contributed by atoms with Crippen LogP contribution in [0.5, 0.6) is 5.75 Å². The van der Waals surface area contributed by atoms with Crippen LogP contribution in [0.2, 0.25) is 0 Å². The van der Waals surface area contributed by atoms with Crippen LogP contribution in [0.25, 0.3) is 0 Å². The number of amides is 2. The van der Waals surface area contributed by atoms with Crippen molar-refractivity contribution in [1.29, 1.82) is 0 Å². The number of nitrogens with one attached hydrogen (secondary N) is 2. The second-order valence-electron chi connectivity index (χ2n) is 6.16. The van der Waals surface area contributed by atoms with Crippen molar-refractivity contribution in [3.8, 4) is 18.1 Å². The topological polar surface area (TPSA) is 70.6 Å². The molecule has 0 heterocycles. The lowest BCUT2D eigenvalue weighted by molar-refractivity contribution is -0.137. The number of carbonyl (C=O) groups excluding carboxylic acids is 1. The number of terminal acetylenes is 1. The number of carbonyl (C=O) groups is 1. The van der Waals surface area contributed by atoms with Crippen LogP contribution in [0.1, 0.15) is 22.8 Å². The van der Waals surface area contributed by atoms with Crippen LogP contribution in [-0.4, -0.2) is 30.8 Å². The van der Waals surface area contributed by atoms with Gasteiger partial charge in [-0.3, -0.25) is 0 Å². The van der Waals surface area contributed by atoms with Crippen LogP contribution >= 0.6 is 0 Å². The molecule has 8 heteroatoms. The van der Waals surface area contributed by atoms with Gasteiger partial charge < -0.3 is 20.5 Å². The van der Waals surface area contributed by atoms with E-state index in [1.54, 1.807) is 12.1 Å². The van der Waals surface area contributed by atoms with Crippen LogP contribution < -0.4 is 15.4 Å². The second kappa shape index (κ2) is 10.4. The van der Waals surface area contributed by atoms with Crippen LogP contribution in [-0.2, 0) is 12.6 Å². The molecule has 2 aromatic carbocycles. The number of alkyl halides is 3. The lowest BCUT2D eigenvalue weighted by atomic mass is 10.1. The summed E-state index contributed by atoms with van der Waals surface area (Å²) in [6.07, 6.45) is -0.0583. The normalized spacial score (nSPS) is 12.0. The summed E-state index contributed by atoms with van der Waals surface area (Å²) in [5.74, 6) is 3.03. The van der Waals surface area contributed by atoms with Gasteiger partial charge in [-0.15, -0.1) is 6.42 Å². The van der Waals surface area contributed by atoms with Gasteiger partial charge in [-0.1, -0.05) is 30.2 Å². The van der Waals surface area contributed by atoms with Crippen molar-refractivity contribution in [3.05, 3.63) is 65.2 Å². The smallest absolute Gasteiger partial charge is 0.416 e. The van der Waals surface area contributed by atoms with E-state index < -0.39 is 23.9 Å². The zero-order chi connectivity index (χ0) is 21.3. The molecular formula is C21H21F3N2O3. The standard InChI is InChI=1S/C21H21F3N2O3/c1-2-12-29-18-8-6-15(7-9-18)10-11-25-20(28)26-14-19(27)16-4-3-5-17(13-16)21(22,23)24/h1,3-9,13,19,27H,10-12,14H2,(H2,25,26,28). The Morgan fingerprint density at radius 2 is 1.90 bits per heavy atom. The number of hydrogen-bond donors (Lipinski definition) is 3. The van der Waals surface area contributed by atoms with Crippen molar-refractivity contribution in [1.82, 2.24) is 10.6 Å². The Morgan fingerprint density at radius 1 is 1.17 bits per heavy atom. The third kappa shape index (κ3) is 7.39. The predicted octanol–water partition coefficient (Wildman–Crippen LogP) is 3.29. The van der Waals surface area contributed by atoms with Crippen molar-refractivity contribution in [2.75, 3.05) is 19.7 Å². The number of urea groups is 1. The van der Waals surface area contributed by atoms with Crippen molar-refractivity contribution < 1.29 is 27.8 Å². The molecule has 2 rings (SSSR count). The molecule has 154 valence electrons. The molecule has 3 N–H and O–H groups in total. The van der Waals surface area contributed by atoms with E-state index in [1.807, 2.05) is 12.1 Å². The first-order chi connectivity index (χ1) is 13.8. The molecule has 0 aliphatic carbocycles. The van der Waals surface area contributed by atoms with Gasteiger partial charge in [0.2, 0.25) is 0 Å². The molecule has 0 aliphatic heterocycles. The fourth-order valence-electron chi connectivity index (χ4n) is 2.49. The maximum Gasteiger partial charge on any atom is 0.416 e. The van der Waals surface area contributed by atoms with Gasteiger partial charge in [0, 0.05) is 13.1 Å². The third-order valence-electron chi connectivity index (χ3n) is 4.00. The Kier molecular flexibility index (Phi) is 7.92. The summed E-state index contributed by atoms with van der Waals surface area (Å²) in [4.78, 5) is 11.8. The van der Waals surface area contributed by atoms with E-state index in [2.05, 4.69) is 16.6 Å². The number of benzene rings is 2. The molecule has 0 radical (unpaired) electrons. The summed E-state index contributed by atoms with van der Waals surface area (Å²) in [6.45, 7) is 0.317. The van der Waals surface area contributed by atoms with E-state index in [4.69, 9.17) is 11.2 Å². The number of halogens is 3. The van der Waals surface area contributed by atoms with Crippen LogP contribution in [0.4, 0.5) is 18.0 Å². The summed E-state index contributed by atoms with van der Waals surface area (Å²) >= 11 is 0. The summed E-state index contributed by atoms with van der Waals surface area (Å²) in [7, 11) is 0. The maximum absolute atomic E-state index is 12.7. The fourth-order valence-corrected chi connectivity index (χ4v) is 2.49. The maximum atomic E-state index is 12.7. The van der Waals surface area contributed by atoms with Gasteiger partial charge in [0.1, 0.15) is 12.4 Å². The number of aliphatic hydroxyl groups excluding tert-OH is 1. The average Bonchev–Trinajstić information content (AvgIpc) is 2.71. The van der Waals surface area contributed by atoms with Crippen molar-refractivity contribution in [2.24, 2.45) is 0 Å². The molecule has 1 atom stereocenters. The fraction of sp³-hybridized carbons (Fsp3) is 0.286. The highest BCUT2D eigenvalue weighted by Crippen LogP contribution is 2.30. The highest BCUT2D eigenvalue weighted by Gasteiger charge is 2.30. The average molecular weight is 406 g/mol. The van der Waals surface area contributed by atoms with Gasteiger partial charge in [-0.25, -0.2) is 4.79 Å². The van der Waals surface area contributed by atoms with E-state index >= 15 is 0 Å².